The number of nitrogens with one attached hydrogen (secondary N) is 1. The van der Waals surface area contributed by atoms with Gasteiger partial charge in [-0.15, -0.1) is 0 Å². The highest BCUT2D eigenvalue weighted by atomic mass is 32.2. The van der Waals surface area contributed by atoms with Crippen molar-refractivity contribution in [3.05, 3.63) is 29.8 Å². The number of amides is 1. The minimum atomic E-state index is -0.529. The highest BCUT2D eigenvalue weighted by Crippen LogP contribution is 2.17. The molecule has 1 aliphatic heterocycles. The molecule has 1 atom stereocenters. The van der Waals surface area contributed by atoms with Crippen molar-refractivity contribution >= 4 is 17.7 Å². The molecule has 0 unspecified atom stereocenters. The quantitative estimate of drug-likeness (QED) is 0.776. The first-order valence-electron chi connectivity index (χ1n) is 6.57. The van der Waals surface area contributed by atoms with Gasteiger partial charge in [-0.3, -0.25) is 4.79 Å². The van der Waals surface area contributed by atoms with Gasteiger partial charge in [0.1, 0.15) is 5.75 Å². The zero-order chi connectivity index (χ0) is 13.7. The lowest BCUT2D eigenvalue weighted by Crippen LogP contribution is -2.47. The molecule has 1 saturated heterocycles. The van der Waals surface area contributed by atoms with Crippen LogP contribution < -0.4 is 11.1 Å². The van der Waals surface area contributed by atoms with E-state index in [9.17, 15) is 9.90 Å². The maximum atomic E-state index is 12.0. The lowest BCUT2D eigenvalue weighted by molar-refractivity contribution is -0.123. The lowest BCUT2D eigenvalue weighted by atomic mass is 10.0. The summed E-state index contributed by atoms with van der Waals surface area (Å²) in [7, 11) is 0. The van der Waals surface area contributed by atoms with Gasteiger partial charge in [-0.2, -0.15) is 11.8 Å². The van der Waals surface area contributed by atoms with E-state index in [1.54, 1.807) is 24.3 Å². The largest absolute Gasteiger partial charge is 0.508 e. The van der Waals surface area contributed by atoms with Gasteiger partial charge in [0.2, 0.25) is 5.91 Å². The van der Waals surface area contributed by atoms with Gasteiger partial charge in [0.15, 0.2) is 0 Å². The van der Waals surface area contributed by atoms with Crippen LogP contribution in [-0.4, -0.2) is 34.6 Å². The number of carbonyl (C=O) groups excluding carboxylic acids is 1. The van der Waals surface area contributed by atoms with Gasteiger partial charge in [-0.25, -0.2) is 0 Å². The van der Waals surface area contributed by atoms with Crippen LogP contribution in [0.1, 0.15) is 18.4 Å². The van der Waals surface area contributed by atoms with E-state index >= 15 is 0 Å². The molecule has 5 heteroatoms. The molecule has 1 aromatic rings. The summed E-state index contributed by atoms with van der Waals surface area (Å²) in [6.07, 6.45) is 2.55. The number of thioether (sulfide) groups is 1. The Morgan fingerprint density at radius 1 is 1.37 bits per heavy atom. The standard InChI is InChI=1S/C14H20N2O2S/c15-13(9-10-1-3-12(17)4-2-10)14(18)16-11-5-7-19-8-6-11/h1-4,11,13,17H,5-9,15H2,(H,16,18)/t13-/m1/s1. The third-order valence-electron chi connectivity index (χ3n) is 3.30. The molecule has 1 heterocycles. The van der Waals surface area contributed by atoms with Crippen LogP contribution in [0.5, 0.6) is 5.75 Å². The van der Waals surface area contributed by atoms with E-state index in [0.29, 0.717) is 6.42 Å². The Kier molecular flexibility index (Phi) is 5.10. The normalized spacial score (nSPS) is 17.9. The Balaban J connectivity index is 1.83. The van der Waals surface area contributed by atoms with Crippen molar-refractivity contribution in [1.29, 1.82) is 0 Å². The van der Waals surface area contributed by atoms with Gasteiger partial charge in [-0.1, -0.05) is 12.1 Å². The molecule has 1 fully saturated rings. The van der Waals surface area contributed by atoms with E-state index in [1.165, 1.54) is 0 Å². The highest BCUT2D eigenvalue weighted by molar-refractivity contribution is 7.99. The number of phenols is 1. The Bertz CT molecular complexity index is 416. The van der Waals surface area contributed by atoms with Crippen LogP contribution in [0.25, 0.3) is 0 Å². The van der Waals surface area contributed by atoms with Crippen molar-refractivity contribution in [2.24, 2.45) is 5.73 Å². The second kappa shape index (κ2) is 6.82. The molecule has 0 spiro atoms. The maximum absolute atomic E-state index is 12.0. The molecular formula is C14H20N2O2S. The molecule has 0 saturated carbocycles. The van der Waals surface area contributed by atoms with Crippen LogP contribution in [0.4, 0.5) is 0 Å². The fraction of sp³-hybridized carbons (Fsp3) is 0.500. The third kappa shape index (κ3) is 4.44. The van der Waals surface area contributed by atoms with Crippen LogP contribution in [0.2, 0.25) is 0 Å². The van der Waals surface area contributed by atoms with Gasteiger partial charge in [-0.05, 0) is 48.5 Å². The van der Waals surface area contributed by atoms with E-state index in [-0.39, 0.29) is 17.7 Å². The van der Waals surface area contributed by atoms with Crippen LogP contribution in [-0.2, 0) is 11.2 Å². The first kappa shape index (κ1) is 14.2. The predicted octanol–water partition coefficient (Wildman–Crippen LogP) is 1.27. The second-order valence-corrected chi connectivity index (χ2v) is 6.10. The summed E-state index contributed by atoms with van der Waals surface area (Å²) in [5.41, 5.74) is 6.88. The van der Waals surface area contributed by atoms with E-state index in [4.69, 9.17) is 5.73 Å². The number of aromatic hydroxyl groups is 1. The van der Waals surface area contributed by atoms with E-state index < -0.39 is 6.04 Å². The summed E-state index contributed by atoms with van der Waals surface area (Å²) in [6.45, 7) is 0. The molecule has 4 N–H and O–H groups in total. The topological polar surface area (TPSA) is 75.3 Å². The molecule has 2 rings (SSSR count). The number of benzene rings is 1. The first-order valence-corrected chi connectivity index (χ1v) is 7.72. The number of rotatable bonds is 4. The zero-order valence-corrected chi connectivity index (χ0v) is 11.7. The average Bonchev–Trinajstić information content (AvgIpc) is 2.42. The van der Waals surface area contributed by atoms with Gasteiger partial charge in [0.25, 0.3) is 0 Å². The van der Waals surface area contributed by atoms with Crippen LogP contribution in [0, 0.1) is 0 Å². The molecule has 0 bridgehead atoms. The van der Waals surface area contributed by atoms with Gasteiger partial charge in [0, 0.05) is 6.04 Å². The highest BCUT2D eigenvalue weighted by Gasteiger charge is 2.20. The van der Waals surface area contributed by atoms with Crippen molar-refractivity contribution in [2.75, 3.05) is 11.5 Å². The summed E-state index contributed by atoms with van der Waals surface area (Å²) >= 11 is 1.93. The molecule has 1 aliphatic rings. The van der Waals surface area contributed by atoms with E-state index in [2.05, 4.69) is 5.32 Å². The Morgan fingerprint density at radius 2 is 2.00 bits per heavy atom. The van der Waals surface area contributed by atoms with Gasteiger partial charge < -0.3 is 16.2 Å². The average molecular weight is 280 g/mol. The molecule has 0 aromatic heterocycles. The smallest absolute Gasteiger partial charge is 0.237 e. The molecule has 1 amide bonds. The first-order chi connectivity index (χ1) is 9.15. The molecule has 4 nitrogen and oxygen atoms in total. The second-order valence-electron chi connectivity index (χ2n) is 4.87. The van der Waals surface area contributed by atoms with Crippen molar-refractivity contribution in [1.82, 2.24) is 5.32 Å². The van der Waals surface area contributed by atoms with Gasteiger partial charge in [0.05, 0.1) is 6.04 Å². The SMILES string of the molecule is N[C@H](Cc1ccc(O)cc1)C(=O)NC1CCSCC1. The summed E-state index contributed by atoms with van der Waals surface area (Å²) in [6, 6.07) is 6.55. The van der Waals surface area contributed by atoms with Crippen LogP contribution in [0.15, 0.2) is 24.3 Å². The molecule has 0 radical (unpaired) electrons. The zero-order valence-electron chi connectivity index (χ0n) is 10.8. The van der Waals surface area contributed by atoms with Crippen molar-refractivity contribution < 1.29 is 9.90 Å². The molecule has 19 heavy (non-hydrogen) atoms. The number of hydrogen-bond donors (Lipinski definition) is 3. The summed E-state index contributed by atoms with van der Waals surface area (Å²) in [5, 5.41) is 12.2. The van der Waals surface area contributed by atoms with Crippen LogP contribution >= 0.6 is 11.8 Å². The van der Waals surface area contributed by atoms with E-state index in [1.807, 2.05) is 11.8 Å². The maximum Gasteiger partial charge on any atom is 0.237 e. The van der Waals surface area contributed by atoms with Crippen LogP contribution in [0.3, 0.4) is 0 Å². The molecule has 1 aromatic carbocycles. The van der Waals surface area contributed by atoms with Gasteiger partial charge >= 0.3 is 0 Å². The monoisotopic (exact) mass is 280 g/mol. The Hall–Kier alpha value is -1.20. The minimum Gasteiger partial charge on any atom is -0.508 e. The van der Waals surface area contributed by atoms with E-state index in [0.717, 1.165) is 29.9 Å². The summed E-state index contributed by atoms with van der Waals surface area (Å²) < 4.78 is 0. The third-order valence-corrected chi connectivity index (χ3v) is 4.35. The minimum absolute atomic E-state index is 0.0787. The fourth-order valence-electron chi connectivity index (χ4n) is 2.13. The molecule has 104 valence electrons. The molecule has 0 aliphatic carbocycles. The number of phenolic OH excluding ortho intramolecular Hbond substituents is 1. The Morgan fingerprint density at radius 3 is 2.63 bits per heavy atom. The number of carbonyl (C=O) groups is 1. The number of nitrogens with two attached hydrogens (primary N) is 1. The van der Waals surface area contributed by atoms with Crippen molar-refractivity contribution in [2.45, 2.75) is 31.3 Å². The Labute approximate surface area is 117 Å². The number of hydrogen-bond acceptors (Lipinski definition) is 4. The predicted molar refractivity (Wildman–Crippen MR) is 78.3 cm³/mol. The van der Waals surface area contributed by atoms with Crippen molar-refractivity contribution in [3.63, 3.8) is 0 Å². The molecular weight excluding hydrogens is 260 g/mol. The van der Waals surface area contributed by atoms with Crippen molar-refractivity contribution in [3.8, 4) is 5.75 Å². The summed E-state index contributed by atoms with van der Waals surface area (Å²) in [5.74, 6) is 2.36. The fourth-order valence-corrected chi connectivity index (χ4v) is 3.24. The lowest BCUT2D eigenvalue weighted by Gasteiger charge is -2.24. The summed E-state index contributed by atoms with van der Waals surface area (Å²) in [4.78, 5) is 12.0.